The van der Waals surface area contributed by atoms with Crippen LogP contribution in [0.15, 0.2) is 24.3 Å². The second-order valence-electron chi connectivity index (χ2n) is 3.68. The van der Waals surface area contributed by atoms with Crippen molar-refractivity contribution >= 4 is 39.1 Å². The van der Waals surface area contributed by atoms with Crippen LogP contribution in [-0.2, 0) is 11.3 Å². The standard InChI is InChI=1S/C12H13ClN2O2S/c13-11-8-3-1-2-4-9(8)18-10(11)7-15-5-6-17-12(14)16/h1-4,15H,5-7H2,(H2,14,16). The number of carbonyl (C=O) groups excluding carboxylic acids is 1. The Bertz CT molecular complexity index is 556. The van der Waals surface area contributed by atoms with E-state index in [1.165, 1.54) is 4.70 Å². The van der Waals surface area contributed by atoms with Crippen molar-refractivity contribution < 1.29 is 9.53 Å². The lowest BCUT2D eigenvalue weighted by atomic mass is 10.2. The molecule has 18 heavy (non-hydrogen) atoms. The maximum atomic E-state index is 10.4. The number of rotatable bonds is 5. The van der Waals surface area contributed by atoms with Gasteiger partial charge in [0.05, 0.1) is 5.02 Å². The largest absolute Gasteiger partial charge is 0.448 e. The van der Waals surface area contributed by atoms with Gasteiger partial charge in [0.25, 0.3) is 0 Å². The van der Waals surface area contributed by atoms with Crippen LogP contribution in [0, 0.1) is 0 Å². The van der Waals surface area contributed by atoms with Gasteiger partial charge >= 0.3 is 6.09 Å². The van der Waals surface area contributed by atoms with Crippen molar-refractivity contribution in [2.75, 3.05) is 13.2 Å². The van der Waals surface area contributed by atoms with Gasteiger partial charge in [0.2, 0.25) is 0 Å². The van der Waals surface area contributed by atoms with Crippen LogP contribution in [0.3, 0.4) is 0 Å². The molecule has 1 aromatic heterocycles. The highest BCUT2D eigenvalue weighted by Crippen LogP contribution is 2.34. The quantitative estimate of drug-likeness (QED) is 0.830. The molecule has 2 rings (SSSR count). The average Bonchev–Trinajstić information content (AvgIpc) is 2.66. The normalized spacial score (nSPS) is 10.7. The first-order valence-corrected chi connectivity index (χ1v) is 6.67. The summed E-state index contributed by atoms with van der Waals surface area (Å²) >= 11 is 7.95. The Morgan fingerprint density at radius 3 is 2.94 bits per heavy atom. The SMILES string of the molecule is NC(=O)OCCNCc1sc2ccccc2c1Cl. The van der Waals surface area contributed by atoms with Crippen LogP contribution in [0.1, 0.15) is 4.88 Å². The monoisotopic (exact) mass is 284 g/mol. The summed E-state index contributed by atoms with van der Waals surface area (Å²) in [5, 5.41) is 5.02. The van der Waals surface area contributed by atoms with Gasteiger partial charge in [0, 0.05) is 28.1 Å². The Morgan fingerprint density at radius 1 is 1.44 bits per heavy atom. The predicted molar refractivity (Wildman–Crippen MR) is 74.1 cm³/mol. The predicted octanol–water partition coefficient (Wildman–Crippen LogP) is 2.74. The highest BCUT2D eigenvalue weighted by atomic mass is 35.5. The molecule has 2 aromatic rings. The lowest BCUT2D eigenvalue weighted by Gasteiger charge is -2.03. The van der Waals surface area contributed by atoms with E-state index in [-0.39, 0.29) is 6.61 Å². The molecule has 0 aliphatic heterocycles. The van der Waals surface area contributed by atoms with Crippen molar-refractivity contribution in [1.82, 2.24) is 5.32 Å². The van der Waals surface area contributed by atoms with Gasteiger partial charge in [-0.2, -0.15) is 0 Å². The number of hydrogen-bond acceptors (Lipinski definition) is 4. The lowest BCUT2D eigenvalue weighted by Crippen LogP contribution is -2.23. The second-order valence-corrected chi connectivity index (χ2v) is 5.19. The van der Waals surface area contributed by atoms with Crippen LogP contribution >= 0.6 is 22.9 Å². The molecule has 0 aliphatic rings. The number of primary amides is 1. The van der Waals surface area contributed by atoms with Crippen molar-refractivity contribution in [2.24, 2.45) is 5.73 Å². The van der Waals surface area contributed by atoms with Gasteiger partial charge < -0.3 is 15.8 Å². The van der Waals surface area contributed by atoms with Crippen LogP contribution in [0.5, 0.6) is 0 Å². The number of nitrogens with one attached hydrogen (secondary N) is 1. The van der Waals surface area contributed by atoms with Crippen molar-refractivity contribution in [3.8, 4) is 0 Å². The topological polar surface area (TPSA) is 64.4 Å². The Labute approximate surface area is 114 Å². The molecule has 0 radical (unpaired) electrons. The molecule has 1 heterocycles. The van der Waals surface area contributed by atoms with Gasteiger partial charge in [-0.05, 0) is 6.07 Å². The molecule has 0 saturated heterocycles. The molecule has 0 atom stereocenters. The molecule has 6 heteroatoms. The minimum absolute atomic E-state index is 0.262. The van der Waals surface area contributed by atoms with Crippen LogP contribution < -0.4 is 11.1 Å². The lowest BCUT2D eigenvalue weighted by molar-refractivity contribution is 0.157. The van der Waals surface area contributed by atoms with Gasteiger partial charge in [-0.3, -0.25) is 0 Å². The summed E-state index contributed by atoms with van der Waals surface area (Å²) in [7, 11) is 0. The number of fused-ring (bicyclic) bond motifs is 1. The zero-order chi connectivity index (χ0) is 13.0. The fourth-order valence-corrected chi connectivity index (χ4v) is 3.07. The Balaban J connectivity index is 1.91. The van der Waals surface area contributed by atoms with E-state index in [0.29, 0.717) is 13.1 Å². The van der Waals surface area contributed by atoms with Gasteiger partial charge in [-0.1, -0.05) is 29.8 Å². The maximum Gasteiger partial charge on any atom is 0.404 e. The van der Waals surface area contributed by atoms with E-state index < -0.39 is 6.09 Å². The maximum absolute atomic E-state index is 10.4. The molecular weight excluding hydrogens is 272 g/mol. The number of amides is 1. The molecule has 3 N–H and O–H groups in total. The molecule has 0 aliphatic carbocycles. The van der Waals surface area contributed by atoms with Crippen LogP contribution in [0.2, 0.25) is 5.02 Å². The van der Waals surface area contributed by atoms with E-state index in [0.717, 1.165) is 15.3 Å². The van der Waals surface area contributed by atoms with Crippen molar-refractivity contribution in [2.45, 2.75) is 6.54 Å². The fourth-order valence-electron chi connectivity index (χ4n) is 1.60. The minimum Gasteiger partial charge on any atom is -0.448 e. The van der Waals surface area contributed by atoms with Crippen molar-refractivity contribution in [3.05, 3.63) is 34.2 Å². The van der Waals surface area contributed by atoms with Crippen LogP contribution in [0.4, 0.5) is 4.79 Å². The van der Waals surface area contributed by atoms with E-state index in [1.807, 2.05) is 24.3 Å². The first kappa shape index (κ1) is 13.1. The first-order valence-electron chi connectivity index (χ1n) is 5.47. The zero-order valence-corrected chi connectivity index (χ0v) is 11.2. The van der Waals surface area contributed by atoms with Gasteiger partial charge in [0.15, 0.2) is 0 Å². The molecule has 0 spiro atoms. The van der Waals surface area contributed by atoms with E-state index in [4.69, 9.17) is 17.3 Å². The Hall–Kier alpha value is -1.30. The summed E-state index contributed by atoms with van der Waals surface area (Å²) in [6.45, 7) is 1.46. The summed E-state index contributed by atoms with van der Waals surface area (Å²) < 4.78 is 5.79. The van der Waals surface area contributed by atoms with E-state index in [1.54, 1.807) is 11.3 Å². The third-order valence-corrected chi connectivity index (χ3v) is 4.12. The van der Waals surface area contributed by atoms with E-state index in [2.05, 4.69) is 10.1 Å². The number of hydrogen-bond donors (Lipinski definition) is 2. The molecule has 0 bridgehead atoms. The van der Waals surface area contributed by atoms with Crippen LogP contribution in [0.25, 0.3) is 10.1 Å². The molecule has 0 fully saturated rings. The number of nitrogens with two attached hydrogens (primary N) is 1. The Morgan fingerprint density at radius 2 is 2.22 bits per heavy atom. The number of benzene rings is 1. The highest BCUT2D eigenvalue weighted by molar-refractivity contribution is 7.19. The molecule has 0 unspecified atom stereocenters. The second kappa shape index (κ2) is 6.04. The van der Waals surface area contributed by atoms with Crippen molar-refractivity contribution in [3.63, 3.8) is 0 Å². The van der Waals surface area contributed by atoms with E-state index in [9.17, 15) is 4.79 Å². The minimum atomic E-state index is -0.753. The molecule has 96 valence electrons. The molecule has 0 saturated carbocycles. The third kappa shape index (κ3) is 3.13. The molecule has 1 aromatic carbocycles. The smallest absolute Gasteiger partial charge is 0.404 e. The van der Waals surface area contributed by atoms with Gasteiger partial charge in [-0.25, -0.2) is 4.79 Å². The highest BCUT2D eigenvalue weighted by Gasteiger charge is 2.08. The summed E-state index contributed by atoms with van der Waals surface area (Å²) in [5.41, 5.74) is 4.85. The third-order valence-electron chi connectivity index (χ3n) is 2.41. The molecule has 1 amide bonds. The van der Waals surface area contributed by atoms with Gasteiger partial charge in [0.1, 0.15) is 6.61 Å². The Kier molecular flexibility index (Phi) is 4.41. The first-order chi connectivity index (χ1) is 8.68. The summed E-state index contributed by atoms with van der Waals surface area (Å²) in [5.74, 6) is 0. The number of halogens is 1. The summed E-state index contributed by atoms with van der Waals surface area (Å²) in [4.78, 5) is 11.4. The zero-order valence-electron chi connectivity index (χ0n) is 9.61. The van der Waals surface area contributed by atoms with Crippen LogP contribution in [-0.4, -0.2) is 19.2 Å². The molecule has 4 nitrogen and oxygen atoms in total. The number of thiophene rings is 1. The van der Waals surface area contributed by atoms with Gasteiger partial charge in [-0.15, -0.1) is 11.3 Å². The average molecular weight is 285 g/mol. The van der Waals surface area contributed by atoms with E-state index >= 15 is 0 Å². The molecular formula is C12H13ClN2O2S. The van der Waals surface area contributed by atoms with Crippen molar-refractivity contribution in [1.29, 1.82) is 0 Å². The fraction of sp³-hybridized carbons (Fsp3) is 0.250. The number of ether oxygens (including phenoxy) is 1. The number of carbonyl (C=O) groups is 1. The summed E-state index contributed by atoms with van der Waals surface area (Å²) in [6, 6.07) is 8.02. The summed E-state index contributed by atoms with van der Waals surface area (Å²) in [6.07, 6.45) is -0.753.